The second kappa shape index (κ2) is 5.95. The van der Waals surface area contributed by atoms with Crippen LogP contribution in [0.1, 0.15) is 40.5 Å². The Hall–Kier alpha value is -0.770. The molecule has 0 heterocycles. The summed E-state index contributed by atoms with van der Waals surface area (Å²) in [5.74, 6) is 0. The molecular weight excluding hydrogens is 192 g/mol. The van der Waals surface area contributed by atoms with E-state index in [1.807, 2.05) is 13.8 Å². The van der Waals surface area contributed by atoms with E-state index >= 15 is 0 Å². The molecule has 90 valence electrons. The molecule has 0 saturated carbocycles. The van der Waals surface area contributed by atoms with Gasteiger partial charge in [-0.05, 0) is 26.7 Å². The number of hydrogen-bond donors (Lipinski definition) is 2. The molecule has 0 saturated heterocycles. The van der Waals surface area contributed by atoms with Crippen molar-refractivity contribution in [1.29, 1.82) is 0 Å². The molecule has 0 atom stereocenters. The third-order valence-corrected chi connectivity index (χ3v) is 2.28. The van der Waals surface area contributed by atoms with Crippen LogP contribution in [-0.2, 0) is 0 Å². The first-order valence-corrected chi connectivity index (χ1v) is 5.54. The molecule has 0 aliphatic carbocycles. The Balaban J connectivity index is 4.09. The van der Waals surface area contributed by atoms with Crippen molar-refractivity contribution in [3.05, 3.63) is 0 Å². The van der Waals surface area contributed by atoms with Crippen LogP contribution < -0.4 is 5.32 Å². The van der Waals surface area contributed by atoms with E-state index in [-0.39, 0.29) is 12.1 Å². The summed E-state index contributed by atoms with van der Waals surface area (Å²) in [7, 11) is 1.69. The van der Waals surface area contributed by atoms with Gasteiger partial charge >= 0.3 is 6.03 Å². The topological polar surface area (TPSA) is 52.6 Å². The summed E-state index contributed by atoms with van der Waals surface area (Å²) in [6, 6.07) is 0.104. The number of hydrogen-bond acceptors (Lipinski definition) is 2. The highest BCUT2D eigenvalue weighted by molar-refractivity contribution is 5.74. The zero-order valence-corrected chi connectivity index (χ0v) is 10.5. The second-order valence-corrected chi connectivity index (χ2v) is 4.63. The third kappa shape index (κ3) is 6.33. The van der Waals surface area contributed by atoms with E-state index in [0.29, 0.717) is 6.54 Å². The Kier molecular flexibility index (Phi) is 5.65. The highest BCUT2D eigenvalue weighted by atomic mass is 16.3. The zero-order valence-electron chi connectivity index (χ0n) is 10.5. The molecule has 15 heavy (non-hydrogen) atoms. The number of urea groups is 1. The number of aliphatic hydroxyl groups is 1. The van der Waals surface area contributed by atoms with Gasteiger partial charge in [-0.2, -0.15) is 0 Å². The van der Waals surface area contributed by atoms with Gasteiger partial charge in [0, 0.05) is 13.1 Å². The summed E-state index contributed by atoms with van der Waals surface area (Å²) in [5.41, 5.74) is -0.847. The molecule has 0 aromatic carbocycles. The third-order valence-electron chi connectivity index (χ3n) is 2.28. The van der Waals surface area contributed by atoms with Crippen LogP contribution in [0.5, 0.6) is 0 Å². The second-order valence-electron chi connectivity index (χ2n) is 4.63. The minimum atomic E-state index is -0.847. The van der Waals surface area contributed by atoms with Crippen molar-refractivity contribution in [3.63, 3.8) is 0 Å². The van der Waals surface area contributed by atoms with E-state index < -0.39 is 5.60 Å². The monoisotopic (exact) mass is 216 g/mol. The number of carbonyl (C=O) groups is 1. The Morgan fingerprint density at radius 1 is 1.40 bits per heavy atom. The number of nitrogens with zero attached hydrogens (tertiary/aromatic N) is 1. The molecule has 0 aromatic heterocycles. The smallest absolute Gasteiger partial charge is 0.317 e. The fourth-order valence-corrected chi connectivity index (χ4v) is 1.43. The Bertz CT molecular complexity index is 195. The summed E-state index contributed by atoms with van der Waals surface area (Å²) in [4.78, 5) is 13.2. The molecule has 2 N–H and O–H groups in total. The van der Waals surface area contributed by atoms with Gasteiger partial charge in [-0.3, -0.25) is 0 Å². The van der Waals surface area contributed by atoms with Crippen molar-refractivity contribution in [2.75, 3.05) is 13.6 Å². The normalized spacial score (nSPS) is 11.7. The van der Waals surface area contributed by atoms with Gasteiger partial charge in [0.15, 0.2) is 0 Å². The van der Waals surface area contributed by atoms with Crippen LogP contribution in [-0.4, -0.2) is 41.3 Å². The largest absolute Gasteiger partial charge is 0.389 e. The van der Waals surface area contributed by atoms with Crippen molar-refractivity contribution in [3.8, 4) is 0 Å². The lowest BCUT2D eigenvalue weighted by Crippen LogP contribution is -2.47. The summed E-state index contributed by atoms with van der Waals surface area (Å²) in [6.45, 7) is 7.80. The Morgan fingerprint density at radius 3 is 2.20 bits per heavy atom. The molecule has 0 bridgehead atoms. The van der Waals surface area contributed by atoms with Gasteiger partial charge < -0.3 is 15.3 Å². The molecule has 4 nitrogen and oxygen atoms in total. The molecule has 0 aliphatic heterocycles. The molecule has 0 radical (unpaired) electrons. The molecule has 4 heteroatoms. The zero-order chi connectivity index (χ0) is 12.1. The predicted octanol–water partition coefficient (Wildman–Crippen LogP) is 1.59. The van der Waals surface area contributed by atoms with E-state index in [1.165, 1.54) is 4.90 Å². The van der Waals surface area contributed by atoms with Crippen LogP contribution in [0.3, 0.4) is 0 Å². The molecule has 0 aliphatic rings. The number of amides is 2. The molecule has 2 amide bonds. The minimum absolute atomic E-state index is 0.120. The molecular formula is C11H24N2O2. The van der Waals surface area contributed by atoms with Gasteiger partial charge in [0.1, 0.15) is 0 Å². The Morgan fingerprint density at radius 2 is 1.87 bits per heavy atom. The first kappa shape index (κ1) is 14.2. The average molecular weight is 216 g/mol. The van der Waals surface area contributed by atoms with E-state index in [4.69, 9.17) is 0 Å². The molecule has 0 spiro atoms. The van der Waals surface area contributed by atoms with Gasteiger partial charge in [-0.25, -0.2) is 4.79 Å². The van der Waals surface area contributed by atoms with Gasteiger partial charge in [-0.1, -0.05) is 13.8 Å². The fraction of sp³-hybridized carbons (Fsp3) is 0.909. The fourth-order valence-electron chi connectivity index (χ4n) is 1.43. The number of likely N-dealkylation sites (N-methyl/N-ethyl adjacent to an activating group) is 1. The number of carbonyl (C=O) groups excluding carboxylic acids is 1. The van der Waals surface area contributed by atoms with Crippen LogP contribution in [0.2, 0.25) is 0 Å². The summed E-state index contributed by atoms with van der Waals surface area (Å²) < 4.78 is 0. The van der Waals surface area contributed by atoms with Gasteiger partial charge in [-0.15, -0.1) is 0 Å². The molecule has 0 unspecified atom stereocenters. The number of rotatable bonds is 5. The van der Waals surface area contributed by atoms with Crippen LogP contribution in [0.15, 0.2) is 0 Å². The van der Waals surface area contributed by atoms with Gasteiger partial charge in [0.05, 0.1) is 12.1 Å². The van der Waals surface area contributed by atoms with Crippen LogP contribution >= 0.6 is 0 Å². The van der Waals surface area contributed by atoms with Crippen molar-refractivity contribution in [2.24, 2.45) is 0 Å². The summed E-state index contributed by atoms with van der Waals surface area (Å²) >= 11 is 0. The number of nitrogens with one attached hydrogen (secondary N) is 1. The average Bonchev–Trinajstić information content (AvgIpc) is 2.10. The van der Waals surface area contributed by atoms with Crippen LogP contribution in [0.4, 0.5) is 4.79 Å². The lowest BCUT2D eigenvalue weighted by atomic mass is 10.1. The standard InChI is InChI=1S/C11H24N2O2/c1-6-9(7-2)12-10(14)13(5)8-11(3,4)15/h9,15H,6-8H2,1-5H3,(H,12,14). The summed E-state index contributed by atoms with van der Waals surface area (Å²) in [5, 5.41) is 12.5. The predicted molar refractivity (Wildman–Crippen MR) is 61.8 cm³/mol. The molecule has 0 rings (SSSR count). The minimum Gasteiger partial charge on any atom is -0.389 e. The van der Waals surface area contributed by atoms with Crippen molar-refractivity contribution < 1.29 is 9.90 Å². The summed E-state index contributed by atoms with van der Waals surface area (Å²) in [6.07, 6.45) is 1.86. The van der Waals surface area contributed by atoms with Crippen LogP contribution in [0.25, 0.3) is 0 Å². The SMILES string of the molecule is CCC(CC)NC(=O)N(C)CC(C)(C)O. The maximum Gasteiger partial charge on any atom is 0.317 e. The lowest BCUT2D eigenvalue weighted by Gasteiger charge is -2.27. The first-order chi connectivity index (χ1) is 6.80. The van der Waals surface area contributed by atoms with Crippen molar-refractivity contribution in [2.45, 2.75) is 52.2 Å². The highest BCUT2D eigenvalue weighted by Gasteiger charge is 2.20. The van der Waals surface area contributed by atoms with E-state index in [0.717, 1.165) is 12.8 Å². The van der Waals surface area contributed by atoms with Gasteiger partial charge in [0.2, 0.25) is 0 Å². The van der Waals surface area contributed by atoms with E-state index in [1.54, 1.807) is 20.9 Å². The first-order valence-electron chi connectivity index (χ1n) is 5.54. The maximum atomic E-state index is 11.7. The highest BCUT2D eigenvalue weighted by Crippen LogP contribution is 2.04. The van der Waals surface area contributed by atoms with Crippen molar-refractivity contribution >= 4 is 6.03 Å². The van der Waals surface area contributed by atoms with E-state index in [2.05, 4.69) is 5.32 Å². The van der Waals surface area contributed by atoms with Crippen LogP contribution in [0, 0.1) is 0 Å². The maximum absolute atomic E-state index is 11.7. The lowest BCUT2D eigenvalue weighted by molar-refractivity contribution is 0.0527. The Labute approximate surface area is 92.7 Å². The van der Waals surface area contributed by atoms with Crippen molar-refractivity contribution in [1.82, 2.24) is 10.2 Å². The quantitative estimate of drug-likeness (QED) is 0.733. The van der Waals surface area contributed by atoms with E-state index in [9.17, 15) is 9.90 Å². The van der Waals surface area contributed by atoms with Gasteiger partial charge in [0.25, 0.3) is 0 Å². The molecule has 0 aromatic rings. The molecule has 0 fully saturated rings.